The topological polar surface area (TPSA) is 24.1 Å². The molecule has 0 saturated carbocycles. The van der Waals surface area contributed by atoms with Gasteiger partial charge >= 0.3 is 0 Å². The fourth-order valence-electron chi connectivity index (χ4n) is 0.990. The van der Waals surface area contributed by atoms with E-state index in [1.165, 1.54) is 0 Å². The average Bonchev–Trinajstić information content (AvgIpc) is 2.07. The van der Waals surface area contributed by atoms with Gasteiger partial charge in [0.2, 0.25) is 0 Å². The molecule has 2 nitrogen and oxygen atoms in total. The minimum Gasteiger partial charge on any atom is -1.00 e. The number of pyridine rings is 1. The lowest BCUT2D eigenvalue weighted by atomic mass is 10.3. The number of nitrogens with zero attached hydrogens (tertiary/aromatic N) is 1. The first kappa shape index (κ1) is 11.4. The van der Waals surface area contributed by atoms with E-state index >= 15 is 0 Å². The molecule has 0 aliphatic heterocycles. The Labute approximate surface area is 79.3 Å². The Bertz CT molecular complexity index is 191. The minimum atomic E-state index is 0. The number of hydrogen-bond donors (Lipinski definition) is 1. The van der Waals surface area contributed by atoms with Gasteiger partial charge in [-0.3, -0.25) is 0 Å². The second-order valence-electron chi connectivity index (χ2n) is 2.54. The van der Waals surface area contributed by atoms with E-state index in [0.717, 1.165) is 19.4 Å². The smallest absolute Gasteiger partial charge is 0.168 e. The number of hydrogen-bond acceptors (Lipinski definition) is 1. The molecule has 0 unspecified atom stereocenters. The monoisotopic (exact) mass is 187 g/mol. The normalized spacial score (nSPS) is 9.08. The molecule has 68 valence electrons. The van der Waals surface area contributed by atoms with Crippen molar-refractivity contribution in [1.82, 2.24) is 0 Å². The number of rotatable bonds is 4. The van der Waals surface area contributed by atoms with Gasteiger partial charge in [-0.25, -0.2) is 4.57 Å². The van der Waals surface area contributed by atoms with Crippen LogP contribution in [0.15, 0.2) is 30.6 Å². The molecule has 0 radical (unpaired) electrons. The molecule has 0 bridgehead atoms. The van der Waals surface area contributed by atoms with Crippen molar-refractivity contribution < 1.29 is 22.1 Å². The third-order valence-corrected chi connectivity index (χ3v) is 1.60. The highest BCUT2D eigenvalue weighted by Crippen LogP contribution is 1.86. The predicted octanol–water partition coefficient (Wildman–Crippen LogP) is -2.25. The van der Waals surface area contributed by atoms with Gasteiger partial charge in [0.15, 0.2) is 12.4 Å². The standard InChI is InChI=1S/C9H14NO.ClH/c11-9-5-4-8-10-6-2-1-3-7-10;/h1-3,6-7,11H,4-5,8-9H2;1H/q+1;/p-1. The molecule has 1 heterocycles. The fraction of sp³-hybridized carbons (Fsp3) is 0.444. The Morgan fingerprint density at radius 3 is 2.25 bits per heavy atom. The van der Waals surface area contributed by atoms with Crippen LogP contribution in [-0.4, -0.2) is 11.7 Å². The Morgan fingerprint density at radius 1 is 1.00 bits per heavy atom. The summed E-state index contributed by atoms with van der Waals surface area (Å²) < 4.78 is 2.12. The molecule has 3 heteroatoms. The van der Waals surface area contributed by atoms with Gasteiger partial charge in [0.05, 0.1) is 0 Å². The fourth-order valence-corrected chi connectivity index (χ4v) is 0.990. The number of halogens is 1. The summed E-state index contributed by atoms with van der Waals surface area (Å²) in [7, 11) is 0. The summed E-state index contributed by atoms with van der Waals surface area (Å²) in [6.45, 7) is 1.30. The van der Waals surface area contributed by atoms with Gasteiger partial charge in [0.1, 0.15) is 6.54 Å². The molecule has 0 fully saturated rings. The van der Waals surface area contributed by atoms with E-state index in [9.17, 15) is 0 Å². The van der Waals surface area contributed by atoms with E-state index in [1.807, 2.05) is 30.6 Å². The molecule has 1 aromatic heterocycles. The Morgan fingerprint density at radius 2 is 1.67 bits per heavy atom. The molecule has 0 aromatic carbocycles. The summed E-state index contributed by atoms with van der Waals surface area (Å²) in [5.41, 5.74) is 0. The number of aryl methyl sites for hydroxylation is 1. The summed E-state index contributed by atoms with van der Waals surface area (Å²) in [5, 5.41) is 8.54. The quantitative estimate of drug-likeness (QED) is 0.418. The zero-order valence-electron chi connectivity index (χ0n) is 6.99. The third kappa shape index (κ3) is 4.31. The minimum absolute atomic E-state index is 0. The van der Waals surface area contributed by atoms with Crippen molar-refractivity contribution in [3.8, 4) is 0 Å². The molecule has 12 heavy (non-hydrogen) atoms. The molecule has 1 aromatic rings. The van der Waals surface area contributed by atoms with E-state index < -0.39 is 0 Å². The predicted molar refractivity (Wildman–Crippen MR) is 43.0 cm³/mol. The van der Waals surface area contributed by atoms with Gasteiger partial charge in [-0.05, 0) is 6.42 Å². The van der Waals surface area contributed by atoms with Gasteiger partial charge in [0, 0.05) is 25.2 Å². The summed E-state index contributed by atoms with van der Waals surface area (Å²) in [5.74, 6) is 0. The molecular formula is C9H14ClNO. The first-order chi connectivity index (χ1) is 5.43. The molecule has 0 spiro atoms. The van der Waals surface area contributed by atoms with E-state index in [0.29, 0.717) is 6.61 Å². The largest absolute Gasteiger partial charge is 1.00 e. The van der Waals surface area contributed by atoms with E-state index in [2.05, 4.69) is 4.57 Å². The maximum absolute atomic E-state index is 8.54. The van der Waals surface area contributed by atoms with E-state index in [-0.39, 0.29) is 12.4 Å². The second-order valence-corrected chi connectivity index (χ2v) is 2.54. The highest BCUT2D eigenvalue weighted by molar-refractivity contribution is 4.83. The van der Waals surface area contributed by atoms with Crippen LogP contribution in [0, 0.1) is 0 Å². The molecule has 0 aliphatic carbocycles. The maximum atomic E-state index is 8.54. The van der Waals surface area contributed by atoms with Gasteiger partial charge in [-0.2, -0.15) is 0 Å². The third-order valence-electron chi connectivity index (χ3n) is 1.60. The lowest BCUT2D eigenvalue weighted by Crippen LogP contribution is -3.00. The van der Waals surface area contributed by atoms with Gasteiger partial charge in [0.25, 0.3) is 0 Å². The van der Waals surface area contributed by atoms with Crippen molar-refractivity contribution in [2.24, 2.45) is 0 Å². The summed E-state index contributed by atoms with van der Waals surface area (Å²) in [6.07, 6.45) is 6.02. The number of unbranched alkanes of at least 4 members (excludes halogenated alkanes) is 1. The van der Waals surface area contributed by atoms with Gasteiger partial charge in [-0.1, -0.05) is 6.07 Å². The number of aromatic nitrogens is 1. The van der Waals surface area contributed by atoms with Crippen molar-refractivity contribution in [2.75, 3.05) is 6.61 Å². The second kappa shape index (κ2) is 7.07. The van der Waals surface area contributed by atoms with Crippen LogP contribution >= 0.6 is 0 Å². The van der Waals surface area contributed by atoms with Gasteiger partial charge < -0.3 is 17.5 Å². The summed E-state index contributed by atoms with van der Waals surface area (Å²) >= 11 is 0. The summed E-state index contributed by atoms with van der Waals surface area (Å²) in [4.78, 5) is 0. The summed E-state index contributed by atoms with van der Waals surface area (Å²) in [6, 6.07) is 6.03. The molecule has 0 aliphatic rings. The Kier molecular flexibility index (Phi) is 6.72. The first-order valence-corrected chi connectivity index (χ1v) is 3.98. The highest BCUT2D eigenvalue weighted by Gasteiger charge is 1.95. The van der Waals surface area contributed by atoms with E-state index in [4.69, 9.17) is 5.11 Å². The molecule has 1 rings (SSSR count). The van der Waals surface area contributed by atoms with Crippen molar-refractivity contribution in [3.05, 3.63) is 30.6 Å². The van der Waals surface area contributed by atoms with Crippen LogP contribution in [0.1, 0.15) is 12.8 Å². The van der Waals surface area contributed by atoms with Crippen LogP contribution < -0.4 is 17.0 Å². The van der Waals surface area contributed by atoms with Crippen LogP contribution in [0.2, 0.25) is 0 Å². The molecule has 1 N–H and O–H groups in total. The average molecular weight is 188 g/mol. The van der Waals surface area contributed by atoms with Crippen LogP contribution in [0.3, 0.4) is 0 Å². The zero-order chi connectivity index (χ0) is 7.94. The lowest BCUT2D eigenvalue weighted by Gasteiger charge is -1.93. The molecule has 0 amide bonds. The van der Waals surface area contributed by atoms with Crippen molar-refractivity contribution >= 4 is 0 Å². The number of aliphatic hydroxyl groups is 1. The Balaban J connectivity index is 0.00000121. The lowest BCUT2D eigenvalue weighted by molar-refractivity contribution is -0.697. The van der Waals surface area contributed by atoms with Crippen LogP contribution in [-0.2, 0) is 6.54 Å². The van der Waals surface area contributed by atoms with E-state index in [1.54, 1.807) is 0 Å². The van der Waals surface area contributed by atoms with Crippen LogP contribution in [0.4, 0.5) is 0 Å². The number of aliphatic hydroxyl groups excluding tert-OH is 1. The van der Waals surface area contributed by atoms with Crippen LogP contribution in [0.5, 0.6) is 0 Å². The molecule has 0 saturated heterocycles. The maximum Gasteiger partial charge on any atom is 0.168 e. The zero-order valence-corrected chi connectivity index (χ0v) is 7.74. The first-order valence-electron chi connectivity index (χ1n) is 3.98. The molecule has 0 atom stereocenters. The van der Waals surface area contributed by atoms with Gasteiger partial charge in [-0.15, -0.1) is 0 Å². The molecular weight excluding hydrogens is 174 g/mol. The highest BCUT2D eigenvalue weighted by atomic mass is 35.5. The van der Waals surface area contributed by atoms with Crippen molar-refractivity contribution in [2.45, 2.75) is 19.4 Å². The Hall–Kier alpha value is -0.600. The van der Waals surface area contributed by atoms with Crippen molar-refractivity contribution in [1.29, 1.82) is 0 Å². The van der Waals surface area contributed by atoms with Crippen molar-refractivity contribution in [3.63, 3.8) is 0 Å². The van der Waals surface area contributed by atoms with Crippen LogP contribution in [0.25, 0.3) is 0 Å². The SMILES string of the molecule is OCCCC[n+]1ccccc1.[Cl-].